The minimum absolute atomic E-state index is 0.0833. The molecule has 6 nitrogen and oxygen atoms in total. The Bertz CT molecular complexity index is 735. The van der Waals surface area contributed by atoms with E-state index in [1.807, 2.05) is 11.9 Å². The Hall–Kier alpha value is -2.13. The molecule has 1 aliphatic rings. The third-order valence-corrected chi connectivity index (χ3v) is 4.63. The summed E-state index contributed by atoms with van der Waals surface area (Å²) >= 11 is 0. The fourth-order valence-corrected chi connectivity index (χ4v) is 3.04. The van der Waals surface area contributed by atoms with E-state index in [9.17, 15) is 27.9 Å². The fourth-order valence-electron chi connectivity index (χ4n) is 3.04. The lowest BCUT2D eigenvalue weighted by Gasteiger charge is -2.28. The monoisotopic (exact) mass is 401 g/mol. The second-order valence-electron chi connectivity index (χ2n) is 7.88. The maximum Gasteiger partial charge on any atom is 0.416 e. The number of hydrogen-bond donors (Lipinski definition) is 3. The Kier molecular flexibility index (Phi) is 6.71. The van der Waals surface area contributed by atoms with Gasteiger partial charge in [-0.05, 0) is 58.5 Å². The molecule has 1 atom stereocenters. The van der Waals surface area contributed by atoms with Crippen LogP contribution in [0, 0.1) is 5.92 Å². The van der Waals surface area contributed by atoms with Crippen LogP contribution < -0.4 is 10.6 Å². The van der Waals surface area contributed by atoms with Crippen LogP contribution in [0.25, 0.3) is 0 Å². The van der Waals surface area contributed by atoms with E-state index in [-0.39, 0.29) is 29.7 Å². The van der Waals surface area contributed by atoms with Crippen LogP contribution in [0.1, 0.15) is 42.6 Å². The molecular weight excluding hydrogens is 375 g/mol. The molecule has 28 heavy (non-hydrogen) atoms. The van der Waals surface area contributed by atoms with Crippen molar-refractivity contribution >= 4 is 17.5 Å². The molecule has 0 bridgehead atoms. The first-order valence-electron chi connectivity index (χ1n) is 9.06. The lowest BCUT2D eigenvalue weighted by atomic mass is 9.97. The maximum atomic E-state index is 13.3. The number of aliphatic hydroxyl groups is 1. The topological polar surface area (TPSA) is 81.7 Å². The predicted octanol–water partition coefficient (Wildman–Crippen LogP) is 2.49. The van der Waals surface area contributed by atoms with Crippen molar-refractivity contribution in [3.8, 4) is 0 Å². The summed E-state index contributed by atoms with van der Waals surface area (Å²) in [6, 6.07) is 2.76. The highest BCUT2D eigenvalue weighted by atomic mass is 19.4. The molecule has 3 N–H and O–H groups in total. The molecule has 1 heterocycles. The number of anilines is 1. The zero-order valence-corrected chi connectivity index (χ0v) is 16.2. The molecule has 1 saturated heterocycles. The molecule has 1 fully saturated rings. The average molecular weight is 401 g/mol. The van der Waals surface area contributed by atoms with Crippen LogP contribution in [0.2, 0.25) is 0 Å². The quantitative estimate of drug-likeness (QED) is 0.708. The SMILES string of the molecule is CN1CCCC(C(=O)Nc2cc(C(=O)NC(C)(C)CO)cc(C(F)(F)F)c2)C1. The van der Waals surface area contributed by atoms with Crippen molar-refractivity contribution in [2.45, 2.75) is 38.4 Å². The van der Waals surface area contributed by atoms with Gasteiger partial charge in [0.05, 0.1) is 23.6 Å². The molecule has 1 aliphatic heterocycles. The van der Waals surface area contributed by atoms with Gasteiger partial charge in [-0.2, -0.15) is 13.2 Å². The van der Waals surface area contributed by atoms with Gasteiger partial charge in [0.2, 0.25) is 5.91 Å². The zero-order valence-electron chi connectivity index (χ0n) is 16.2. The fraction of sp³-hybridized carbons (Fsp3) is 0.579. The molecule has 0 saturated carbocycles. The van der Waals surface area contributed by atoms with Crippen LogP contribution in [0.4, 0.5) is 18.9 Å². The summed E-state index contributed by atoms with van der Waals surface area (Å²) in [5.41, 5.74) is -2.35. The normalized spacial score (nSPS) is 18.6. The van der Waals surface area contributed by atoms with Gasteiger partial charge in [-0.1, -0.05) is 0 Å². The molecule has 0 spiro atoms. The van der Waals surface area contributed by atoms with E-state index in [2.05, 4.69) is 10.6 Å². The first-order valence-corrected chi connectivity index (χ1v) is 9.06. The van der Waals surface area contributed by atoms with Gasteiger partial charge in [-0.25, -0.2) is 0 Å². The number of amides is 2. The number of carbonyl (C=O) groups is 2. The highest BCUT2D eigenvalue weighted by molar-refractivity contribution is 5.98. The van der Waals surface area contributed by atoms with Crippen LogP contribution in [-0.2, 0) is 11.0 Å². The molecule has 0 aliphatic carbocycles. The molecule has 0 aromatic heterocycles. The van der Waals surface area contributed by atoms with Crippen LogP contribution in [0.3, 0.4) is 0 Å². The van der Waals surface area contributed by atoms with E-state index in [4.69, 9.17) is 0 Å². The summed E-state index contributed by atoms with van der Waals surface area (Å²) in [5, 5.41) is 14.3. The minimum atomic E-state index is -4.67. The van der Waals surface area contributed by atoms with E-state index in [0.717, 1.165) is 25.1 Å². The van der Waals surface area contributed by atoms with Crippen LogP contribution in [0.5, 0.6) is 0 Å². The largest absolute Gasteiger partial charge is 0.416 e. The van der Waals surface area contributed by atoms with Gasteiger partial charge in [0.15, 0.2) is 0 Å². The number of alkyl halides is 3. The van der Waals surface area contributed by atoms with Gasteiger partial charge in [0.25, 0.3) is 5.91 Å². The second kappa shape index (κ2) is 8.48. The lowest BCUT2D eigenvalue weighted by Crippen LogP contribution is -2.46. The molecule has 1 aromatic rings. The molecule has 1 aromatic carbocycles. The van der Waals surface area contributed by atoms with E-state index in [0.29, 0.717) is 13.0 Å². The molecule has 2 amide bonds. The number of aliphatic hydroxyl groups excluding tert-OH is 1. The Labute approximate surface area is 162 Å². The van der Waals surface area contributed by atoms with E-state index < -0.39 is 23.2 Å². The molecular formula is C19H26F3N3O3. The first kappa shape index (κ1) is 22.2. The lowest BCUT2D eigenvalue weighted by molar-refractivity contribution is -0.137. The number of benzene rings is 1. The summed E-state index contributed by atoms with van der Waals surface area (Å²) in [6.45, 7) is 4.11. The van der Waals surface area contributed by atoms with Gasteiger partial charge in [0.1, 0.15) is 0 Å². The number of halogens is 3. The Morgan fingerprint density at radius 3 is 2.50 bits per heavy atom. The van der Waals surface area contributed by atoms with Gasteiger partial charge in [0, 0.05) is 17.8 Å². The van der Waals surface area contributed by atoms with Crippen molar-refractivity contribution in [3.63, 3.8) is 0 Å². The van der Waals surface area contributed by atoms with Gasteiger partial charge >= 0.3 is 6.18 Å². The zero-order chi connectivity index (χ0) is 21.1. The minimum Gasteiger partial charge on any atom is -0.394 e. The number of nitrogens with zero attached hydrogens (tertiary/aromatic N) is 1. The summed E-state index contributed by atoms with van der Waals surface area (Å²) in [5.74, 6) is -1.45. The molecule has 1 unspecified atom stereocenters. The van der Waals surface area contributed by atoms with Crippen molar-refractivity contribution in [2.75, 3.05) is 32.1 Å². The van der Waals surface area contributed by atoms with Crippen molar-refractivity contribution in [1.82, 2.24) is 10.2 Å². The van der Waals surface area contributed by atoms with Crippen molar-refractivity contribution in [3.05, 3.63) is 29.3 Å². The third kappa shape index (κ3) is 5.93. The van der Waals surface area contributed by atoms with Crippen molar-refractivity contribution in [2.24, 2.45) is 5.92 Å². The van der Waals surface area contributed by atoms with Gasteiger partial charge in [-0.15, -0.1) is 0 Å². The standard InChI is InChI=1S/C19H26F3N3O3/c1-18(2,11-26)24-17(28)13-7-14(19(20,21)22)9-15(8-13)23-16(27)12-5-4-6-25(3)10-12/h7-9,12,26H,4-6,10-11H2,1-3H3,(H,23,27)(H,24,28). The third-order valence-electron chi connectivity index (χ3n) is 4.63. The number of carbonyl (C=O) groups excluding carboxylic acids is 2. The molecule has 9 heteroatoms. The molecule has 2 rings (SSSR count). The van der Waals surface area contributed by atoms with Crippen molar-refractivity contribution in [1.29, 1.82) is 0 Å². The second-order valence-corrected chi connectivity index (χ2v) is 7.88. The Morgan fingerprint density at radius 1 is 1.25 bits per heavy atom. The van der Waals surface area contributed by atoms with Crippen LogP contribution >= 0.6 is 0 Å². The maximum absolute atomic E-state index is 13.3. The number of likely N-dealkylation sites (tertiary alicyclic amines) is 1. The predicted molar refractivity (Wildman–Crippen MR) is 98.9 cm³/mol. The summed E-state index contributed by atoms with van der Waals surface area (Å²) in [6.07, 6.45) is -3.18. The Balaban J connectivity index is 2.28. The van der Waals surface area contributed by atoms with Crippen LogP contribution in [-0.4, -0.2) is 54.1 Å². The smallest absolute Gasteiger partial charge is 0.394 e. The van der Waals surface area contributed by atoms with Gasteiger partial charge in [-0.3, -0.25) is 9.59 Å². The van der Waals surface area contributed by atoms with Crippen LogP contribution in [0.15, 0.2) is 18.2 Å². The summed E-state index contributed by atoms with van der Waals surface area (Å²) in [7, 11) is 1.88. The summed E-state index contributed by atoms with van der Waals surface area (Å²) in [4.78, 5) is 26.8. The average Bonchev–Trinajstić information content (AvgIpc) is 2.60. The number of rotatable bonds is 5. The summed E-state index contributed by atoms with van der Waals surface area (Å²) < 4.78 is 39.8. The van der Waals surface area contributed by atoms with E-state index in [1.54, 1.807) is 13.8 Å². The highest BCUT2D eigenvalue weighted by Gasteiger charge is 2.33. The first-order chi connectivity index (χ1) is 12.9. The highest BCUT2D eigenvalue weighted by Crippen LogP contribution is 2.32. The number of piperidine rings is 1. The molecule has 156 valence electrons. The Morgan fingerprint density at radius 2 is 1.93 bits per heavy atom. The van der Waals surface area contributed by atoms with Crippen molar-refractivity contribution < 1.29 is 27.9 Å². The van der Waals surface area contributed by atoms with Gasteiger partial charge < -0.3 is 20.6 Å². The molecule has 0 radical (unpaired) electrons. The van der Waals surface area contributed by atoms with E-state index >= 15 is 0 Å². The number of hydrogen-bond acceptors (Lipinski definition) is 4. The van der Waals surface area contributed by atoms with E-state index in [1.165, 1.54) is 6.07 Å². The number of nitrogens with one attached hydrogen (secondary N) is 2.